The highest BCUT2D eigenvalue weighted by molar-refractivity contribution is 9.10. The van der Waals surface area contributed by atoms with Crippen molar-refractivity contribution in [2.75, 3.05) is 13.1 Å². The molecule has 162 valence electrons. The Morgan fingerprint density at radius 1 is 1.13 bits per heavy atom. The molecule has 5 nitrogen and oxygen atoms in total. The first-order valence-electron chi connectivity index (χ1n) is 10.8. The molecule has 3 aliphatic carbocycles. The van der Waals surface area contributed by atoms with E-state index in [2.05, 4.69) is 31.9 Å². The number of halogens is 3. The average Bonchev–Trinajstić information content (AvgIpc) is 3.21. The van der Waals surface area contributed by atoms with E-state index in [1.807, 2.05) is 0 Å². The van der Waals surface area contributed by atoms with E-state index < -0.39 is 24.0 Å². The molecule has 1 heterocycles. The fourth-order valence-electron chi connectivity index (χ4n) is 6.39. The van der Waals surface area contributed by atoms with Crippen LogP contribution in [0, 0.1) is 34.9 Å². The Bertz CT molecular complexity index is 878. The summed E-state index contributed by atoms with van der Waals surface area (Å²) in [6.07, 6.45) is 2.93. The van der Waals surface area contributed by atoms with Crippen LogP contribution < -0.4 is 16.0 Å². The first-order chi connectivity index (χ1) is 14.4. The van der Waals surface area contributed by atoms with E-state index in [9.17, 15) is 18.4 Å². The normalized spacial score (nSPS) is 35.6. The van der Waals surface area contributed by atoms with E-state index in [0.717, 1.165) is 25.7 Å². The quantitative estimate of drug-likeness (QED) is 0.605. The number of nitrogens with one attached hydrogen (secondary N) is 3. The summed E-state index contributed by atoms with van der Waals surface area (Å²) in [7, 11) is 0. The smallest absolute Gasteiger partial charge is 0.224 e. The summed E-state index contributed by atoms with van der Waals surface area (Å²) >= 11 is 3.23. The Balaban J connectivity index is 1.32. The van der Waals surface area contributed by atoms with Gasteiger partial charge in [0.15, 0.2) is 0 Å². The minimum absolute atomic E-state index is 0.0896. The van der Waals surface area contributed by atoms with Gasteiger partial charge in [0.25, 0.3) is 0 Å². The van der Waals surface area contributed by atoms with E-state index in [4.69, 9.17) is 0 Å². The van der Waals surface area contributed by atoms with Gasteiger partial charge in [0.05, 0.1) is 17.9 Å². The number of hydrogen-bond donors (Lipinski definition) is 3. The van der Waals surface area contributed by atoms with Crippen LogP contribution in [0.15, 0.2) is 22.7 Å². The number of hydrogen-bond acceptors (Lipinski definition) is 3. The highest BCUT2D eigenvalue weighted by atomic mass is 79.9. The Hall–Kier alpha value is -1.54. The molecule has 1 aromatic carbocycles. The van der Waals surface area contributed by atoms with Crippen molar-refractivity contribution in [1.29, 1.82) is 0 Å². The second kappa shape index (κ2) is 7.55. The van der Waals surface area contributed by atoms with E-state index in [1.165, 1.54) is 6.07 Å². The predicted octanol–water partition coefficient (Wildman–Crippen LogP) is 2.68. The fraction of sp³-hybridized carbons (Fsp3) is 0.636. The van der Waals surface area contributed by atoms with Crippen LogP contribution in [0.5, 0.6) is 0 Å². The van der Waals surface area contributed by atoms with Gasteiger partial charge in [-0.15, -0.1) is 0 Å². The predicted molar refractivity (Wildman–Crippen MR) is 111 cm³/mol. The van der Waals surface area contributed by atoms with E-state index in [0.29, 0.717) is 16.6 Å². The molecule has 6 unspecified atom stereocenters. The largest absolute Gasteiger partial charge is 0.352 e. The van der Waals surface area contributed by atoms with Crippen molar-refractivity contribution in [1.82, 2.24) is 16.0 Å². The lowest BCUT2D eigenvalue weighted by Gasteiger charge is -2.30. The number of rotatable bonds is 5. The van der Waals surface area contributed by atoms with Crippen molar-refractivity contribution in [3.8, 4) is 0 Å². The molecule has 0 radical (unpaired) electrons. The zero-order chi connectivity index (χ0) is 21.0. The zero-order valence-corrected chi connectivity index (χ0v) is 18.2. The molecule has 5 rings (SSSR count). The van der Waals surface area contributed by atoms with Crippen LogP contribution in [0.3, 0.4) is 0 Å². The first-order valence-corrected chi connectivity index (χ1v) is 11.6. The maximum Gasteiger partial charge on any atom is 0.224 e. The molecule has 2 bridgehead atoms. The highest BCUT2D eigenvalue weighted by Gasteiger charge is 2.71. The SMILES string of the molecule is O=C(NCc1ccc(Br)cc1F)C1C(C(=O)NC2CNCC2F)C2CCC1C21CC1. The number of alkyl halides is 1. The van der Waals surface area contributed by atoms with Crippen LogP contribution in [0.1, 0.15) is 31.2 Å². The maximum absolute atomic E-state index is 14.1. The lowest BCUT2D eigenvalue weighted by Crippen LogP contribution is -2.49. The minimum atomic E-state index is -1.10. The van der Waals surface area contributed by atoms with Gasteiger partial charge >= 0.3 is 0 Å². The summed E-state index contributed by atoms with van der Waals surface area (Å²) in [6, 6.07) is 4.21. The molecule has 1 saturated heterocycles. The second-order valence-corrected chi connectivity index (χ2v) is 10.2. The molecule has 1 aromatic rings. The molecule has 4 fully saturated rings. The third kappa shape index (κ3) is 3.27. The van der Waals surface area contributed by atoms with Crippen LogP contribution >= 0.6 is 15.9 Å². The fourth-order valence-corrected chi connectivity index (χ4v) is 6.73. The van der Waals surface area contributed by atoms with Crippen molar-refractivity contribution in [2.24, 2.45) is 29.1 Å². The molecule has 6 atom stereocenters. The Morgan fingerprint density at radius 3 is 2.43 bits per heavy atom. The molecule has 8 heteroatoms. The van der Waals surface area contributed by atoms with E-state index >= 15 is 0 Å². The minimum Gasteiger partial charge on any atom is -0.352 e. The summed E-state index contributed by atoms with van der Waals surface area (Å²) < 4.78 is 28.8. The van der Waals surface area contributed by atoms with Crippen molar-refractivity contribution in [3.63, 3.8) is 0 Å². The maximum atomic E-state index is 14.1. The van der Waals surface area contributed by atoms with E-state index in [-0.39, 0.29) is 48.0 Å². The van der Waals surface area contributed by atoms with Crippen molar-refractivity contribution in [3.05, 3.63) is 34.1 Å². The van der Waals surface area contributed by atoms with E-state index in [1.54, 1.807) is 12.1 Å². The molecule has 0 aromatic heterocycles. The van der Waals surface area contributed by atoms with Gasteiger partial charge in [-0.3, -0.25) is 9.59 Å². The number of amides is 2. The Morgan fingerprint density at radius 2 is 1.83 bits per heavy atom. The van der Waals surface area contributed by atoms with Gasteiger partial charge in [0.1, 0.15) is 12.0 Å². The molecule has 30 heavy (non-hydrogen) atoms. The Kier molecular flexibility index (Phi) is 5.13. The first kappa shape index (κ1) is 20.4. The van der Waals surface area contributed by atoms with Crippen LogP contribution in [-0.2, 0) is 16.1 Å². The van der Waals surface area contributed by atoms with Crippen molar-refractivity contribution in [2.45, 2.75) is 44.4 Å². The molecule has 4 aliphatic rings. The lowest BCUT2D eigenvalue weighted by atomic mass is 9.78. The van der Waals surface area contributed by atoms with Gasteiger partial charge in [0.2, 0.25) is 11.8 Å². The molecule has 3 saturated carbocycles. The van der Waals surface area contributed by atoms with Crippen LogP contribution in [0.4, 0.5) is 8.78 Å². The summed E-state index contributed by atoms with van der Waals surface area (Å²) in [5.41, 5.74) is 0.518. The van der Waals surface area contributed by atoms with Crippen LogP contribution in [0.2, 0.25) is 0 Å². The van der Waals surface area contributed by atoms with Gasteiger partial charge < -0.3 is 16.0 Å². The standard InChI is InChI=1S/C22H26BrF2N3O2/c23-12-2-1-11(15(24)7-12)8-27-20(29)18-13-3-4-14(22(13)5-6-22)19(18)21(30)28-17-10-26-9-16(17)25/h1-2,7,13-14,16-19,26H,3-6,8-10H2,(H,27,29)(H,28,30). The summed E-state index contributed by atoms with van der Waals surface area (Å²) in [6.45, 7) is 0.749. The monoisotopic (exact) mass is 481 g/mol. The topological polar surface area (TPSA) is 70.2 Å². The van der Waals surface area contributed by atoms with Crippen molar-refractivity contribution >= 4 is 27.7 Å². The average molecular weight is 482 g/mol. The van der Waals surface area contributed by atoms with Gasteiger partial charge in [-0.05, 0) is 55.1 Å². The van der Waals surface area contributed by atoms with Crippen molar-refractivity contribution < 1.29 is 18.4 Å². The summed E-state index contributed by atoms with van der Waals surface area (Å²) in [5.74, 6) is -1.22. The third-order valence-corrected chi connectivity index (χ3v) is 8.38. The van der Waals surface area contributed by atoms with Crippen LogP contribution in [-0.4, -0.2) is 37.1 Å². The third-order valence-electron chi connectivity index (χ3n) is 7.89. The summed E-state index contributed by atoms with van der Waals surface area (Å²) in [4.78, 5) is 26.4. The molecule has 3 N–H and O–H groups in total. The lowest BCUT2D eigenvalue weighted by molar-refractivity contribution is -0.137. The second-order valence-electron chi connectivity index (χ2n) is 9.32. The van der Waals surface area contributed by atoms with Gasteiger partial charge in [-0.2, -0.15) is 0 Å². The van der Waals surface area contributed by atoms with Crippen LogP contribution in [0.25, 0.3) is 0 Å². The molecular formula is C22H26BrF2N3O2. The molecule has 1 aliphatic heterocycles. The molecule has 1 spiro atoms. The van der Waals surface area contributed by atoms with Gasteiger partial charge in [-0.1, -0.05) is 22.0 Å². The zero-order valence-electron chi connectivity index (χ0n) is 16.6. The van der Waals surface area contributed by atoms with Gasteiger partial charge in [0, 0.05) is 29.7 Å². The summed E-state index contributed by atoms with van der Waals surface area (Å²) in [5, 5.41) is 8.71. The number of carbonyl (C=O) groups is 2. The molecule has 2 amide bonds. The number of carbonyl (C=O) groups excluding carboxylic acids is 2. The van der Waals surface area contributed by atoms with Gasteiger partial charge in [-0.25, -0.2) is 8.78 Å². The number of benzene rings is 1. The Labute approximate surface area is 182 Å². The highest BCUT2D eigenvalue weighted by Crippen LogP contribution is 2.74. The molecular weight excluding hydrogens is 456 g/mol.